The van der Waals surface area contributed by atoms with E-state index >= 15 is 0 Å². The predicted molar refractivity (Wildman–Crippen MR) is 74.8 cm³/mol. The SMILES string of the molecule is COCCC(C)(CN)N1CC(C)(C)OC(C)(C)C1. The molecule has 1 aliphatic heterocycles. The molecule has 18 heavy (non-hydrogen) atoms. The molecular formula is C14H30N2O2. The van der Waals surface area contributed by atoms with Crippen molar-refractivity contribution in [2.45, 2.75) is 57.8 Å². The van der Waals surface area contributed by atoms with Crippen LogP contribution in [0.2, 0.25) is 0 Å². The molecule has 4 heteroatoms. The van der Waals surface area contributed by atoms with Crippen molar-refractivity contribution >= 4 is 0 Å². The quantitative estimate of drug-likeness (QED) is 0.814. The highest BCUT2D eigenvalue weighted by Gasteiger charge is 2.44. The Morgan fingerprint density at radius 1 is 1.22 bits per heavy atom. The largest absolute Gasteiger partial charge is 0.385 e. The van der Waals surface area contributed by atoms with Gasteiger partial charge in [-0.15, -0.1) is 0 Å². The average molecular weight is 258 g/mol. The number of nitrogens with zero attached hydrogens (tertiary/aromatic N) is 1. The lowest BCUT2D eigenvalue weighted by molar-refractivity contribution is -0.198. The first-order valence-electron chi connectivity index (χ1n) is 6.78. The van der Waals surface area contributed by atoms with E-state index in [1.165, 1.54) is 0 Å². The lowest BCUT2D eigenvalue weighted by atomic mass is 9.89. The van der Waals surface area contributed by atoms with E-state index in [4.69, 9.17) is 15.2 Å². The van der Waals surface area contributed by atoms with E-state index in [2.05, 4.69) is 39.5 Å². The van der Waals surface area contributed by atoms with Crippen LogP contribution in [-0.4, -0.2) is 55.0 Å². The molecule has 1 heterocycles. The highest BCUT2D eigenvalue weighted by Crippen LogP contribution is 2.33. The zero-order chi connectivity index (χ0) is 14.0. The highest BCUT2D eigenvalue weighted by atomic mass is 16.5. The molecule has 0 aromatic carbocycles. The molecule has 0 bridgehead atoms. The van der Waals surface area contributed by atoms with Gasteiger partial charge in [-0.3, -0.25) is 4.90 Å². The molecule has 2 N–H and O–H groups in total. The standard InChI is InChI=1S/C14H30N2O2/c1-12(2)10-16(11-13(3,4)18-12)14(5,9-15)7-8-17-6/h7-11,15H2,1-6H3. The number of methoxy groups -OCH3 is 1. The van der Waals surface area contributed by atoms with Crippen LogP contribution in [0.25, 0.3) is 0 Å². The van der Waals surface area contributed by atoms with Crippen molar-refractivity contribution in [3.8, 4) is 0 Å². The number of rotatable bonds is 5. The Hall–Kier alpha value is -0.160. The van der Waals surface area contributed by atoms with Gasteiger partial charge in [0.15, 0.2) is 0 Å². The molecule has 4 nitrogen and oxygen atoms in total. The van der Waals surface area contributed by atoms with Gasteiger partial charge in [0.1, 0.15) is 0 Å². The fraction of sp³-hybridized carbons (Fsp3) is 1.00. The number of morpholine rings is 1. The third-order valence-electron chi connectivity index (χ3n) is 3.74. The Morgan fingerprint density at radius 2 is 1.72 bits per heavy atom. The molecule has 1 aliphatic rings. The summed E-state index contributed by atoms with van der Waals surface area (Å²) in [5.74, 6) is 0. The Kier molecular flexibility index (Phi) is 4.81. The van der Waals surface area contributed by atoms with Gasteiger partial charge in [0.25, 0.3) is 0 Å². The average Bonchev–Trinajstić information content (AvgIpc) is 2.21. The second-order valence-corrected chi connectivity index (χ2v) is 6.92. The lowest BCUT2D eigenvalue weighted by Gasteiger charge is -2.53. The summed E-state index contributed by atoms with van der Waals surface area (Å²) >= 11 is 0. The summed E-state index contributed by atoms with van der Waals surface area (Å²) in [4.78, 5) is 2.47. The minimum absolute atomic E-state index is 0.0195. The summed E-state index contributed by atoms with van der Waals surface area (Å²) in [7, 11) is 1.74. The summed E-state index contributed by atoms with van der Waals surface area (Å²) in [6.45, 7) is 14.0. The Labute approximate surface area is 112 Å². The van der Waals surface area contributed by atoms with Gasteiger partial charge in [-0.1, -0.05) is 0 Å². The monoisotopic (exact) mass is 258 g/mol. The first-order valence-corrected chi connectivity index (χ1v) is 6.78. The maximum Gasteiger partial charge on any atom is 0.0761 e. The number of hydrogen-bond acceptors (Lipinski definition) is 4. The molecule has 1 fully saturated rings. The maximum absolute atomic E-state index is 6.12. The number of hydrogen-bond donors (Lipinski definition) is 1. The molecule has 0 spiro atoms. The lowest BCUT2D eigenvalue weighted by Crippen LogP contribution is -2.65. The second-order valence-electron chi connectivity index (χ2n) is 6.92. The van der Waals surface area contributed by atoms with E-state index in [1.54, 1.807) is 7.11 Å². The maximum atomic E-state index is 6.12. The summed E-state index contributed by atoms with van der Waals surface area (Å²) in [5.41, 5.74) is 5.73. The van der Waals surface area contributed by atoms with Crippen molar-refractivity contribution in [3.63, 3.8) is 0 Å². The van der Waals surface area contributed by atoms with E-state index in [0.717, 1.165) is 26.1 Å². The zero-order valence-corrected chi connectivity index (χ0v) is 12.9. The van der Waals surface area contributed by atoms with Crippen LogP contribution < -0.4 is 5.73 Å². The molecule has 0 aromatic rings. The summed E-state index contributed by atoms with van der Waals surface area (Å²) in [5, 5.41) is 0. The first kappa shape index (κ1) is 15.9. The molecule has 1 rings (SSSR count). The van der Waals surface area contributed by atoms with Crippen LogP contribution in [0.4, 0.5) is 0 Å². The van der Waals surface area contributed by atoms with Crippen LogP contribution in [0, 0.1) is 0 Å². The van der Waals surface area contributed by atoms with E-state index in [9.17, 15) is 0 Å². The third-order valence-corrected chi connectivity index (χ3v) is 3.74. The van der Waals surface area contributed by atoms with Gasteiger partial charge in [-0.25, -0.2) is 0 Å². The third kappa shape index (κ3) is 3.92. The van der Waals surface area contributed by atoms with Crippen LogP contribution in [0.5, 0.6) is 0 Å². The summed E-state index contributed by atoms with van der Waals surface area (Å²) in [6, 6.07) is 0. The van der Waals surface area contributed by atoms with Crippen LogP contribution >= 0.6 is 0 Å². The summed E-state index contributed by atoms with van der Waals surface area (Å²) < 4.78 is 11.3. The molecule has 0 aliphatic carbocycles. The fourth-order valence-corrected chi connectivity index (χ4v) is 2.88. The molecule has 0 aromatic heterocycles. The second kappa shape index (κ2) is 5.45. The van der Waals surface area contributed by atoms with E-state index < -0.39 is 0 Å². The molecule has 0 saturated carbocycles. The minimum Gasteiger partial charge on any atom is -0.385 e. The molecule has 1 saturated heterocycles. The highest BCUT2D eigenvalue weighted by molar-refractivity contribution is 4.97. The van der Waals surface area contributed by atoms with E-state index in [1.807, 2.05) is 0 Å². The van der Waals surface area contributed by atoms with Crippen LogP contribution in [0.15, 0.2) is 0 Å². The Morgan fingerprint density at radius 3 is 2.11 bits per heavy atom. The number of ether oxygens (including phenoxy) is 2. The van der Waals surface area contributed by atoms with Crippen LogP contribution in [0.1, 0.15) is 41.0 Å². The minimum atomic E-state index is -0.134. The van der Waals surface area contributed by atoms with Crippen LogP contribution in [0.3, 0.4) is 0 Å². The normalized spacial score (nSPS) is 26.8. The van der Waals surface area contributed by atoms with Crippen molar-refractivity contribution in [1.82, 2.24) is 4.90 Å². The van der Waals surface area contributed by atoms with Gasteiger partial charge < -0.3 is 15.2 Å². The van der Waals surface area contributed by atoms with Gasteiger partial charge in [0, 0.05) is 38.9 Å². The molecule has 1 atom stereocenters. The first-order chi connectivity index (χ1) is 8.14. The summed E-state index contributed by atoms with van der Waals surface area (Å²) in [6.07, 6.45) is 0.951. The van der Waals surface area contributed by atoms with Crippen molar-refractivity contribution < 1.29 is 9.47 Å². The Balaban J connectivity index is 2.85. The van der Waals surface area contributed by atoms with Gasteiger partial charge in [-0.2, -0.15) is 0 Å². The Bertz CT molecular complexity index is 263. The fourth-order valence-electron chi connectivity index (χ4n) is 2.88. The van der Waals surface area contributed by atoms with Gasteiger partial charge >= 0.3 is 0 Å². The van der Waals surface area contributed by atoms with E-state index in [0.29, 0.717) is 6.54 Å². The molecule has 1 unspecified atom stereocenters. The van der Waals surface area contributed by atoms with Gasteiger partial charge in [0.05, 0.1) is 11.2 Å². The topological polar surface area (TPSA) is 47.7 Å². The predicted octanol–water partition coefficient (Wildman–Crippen LogP) is 1.63. The molecule has 108 valence electrons. The smallest absolute Gasteiger partial charge is 0.0761 e. The molecule has 0 amide bonds. The van der Waals surface area contributed by atoms with E-state index in [-0.39, 0.29) is 16.7 Å². The zero-order valence-electron chi connectivity index (χ0n) is 12.9. The van der Waals surface area contributed by atoms with Crippen molar-refractivity contribution in [2.75, 3.05) is 33.4 Å². The van der Waals surface area contributed by atoms with Gasteiger partial charge in [-0.05, 0) is 41.0 Å². The van der Waals surface area contributed by atoms with Crippen molar-refractivity contribution in [1.29, 1.82) is 0 Å². The molecule has 0 radical (unpaired) electrons. The number of nitrogens with two attached hydrogens (primary N) is 1. The van der Waals surface area contributed by atoms with Crippen molar-refractivity contribution in [3.05, 3.63) is 0 Å². The molecular weight excluding hydrogens is 228 g/mol. The van der Waals surface area contributed by atoms with Crippen molar-refractivity contribution in [2.24, 2.45) is 5.73 Å². The van der Waals surface area contributed by atoms with Crippen LogP contribution in [-0.2, 0) is 9.47 Å². The van der Waals surface area contributed by atoms with Gasteiger partial charge in [0.2, 0.25) is 0 Å².